The number of rotatable bonds is 0. The fraction of sp³-hybridized carbons (Fsp3) is 0.773. The molecule has 0 aromatic carbocycles. The molecular formula is C22H31NO2. The number of ether oxygens (including phenoxy) is 1. The highest BCUT2D eigenvalue weighted by Crippen LogP contribution is 2.67. The summed E-state index contributed by atoms with van der Waals surface area (Å²) in [4.78, 5) is 0. The molecule has 0 bridgehead atoms. The van der Waals surface area contributed by atoms with Crippen molar-refractivity contribution in [2.24, 2.45) is 40.2 Å². The zero-order chi connectivity index (χ0) is 17.2. The van der Waals surface area contributed by atoms with Gasteiger partial charge in [0.1, 0.15) is 0 Å². The van der Waals surface area contributed by atoms with Crippen LogP contribution in [0.15, 0.2) is 29.0 Å². The Morgan fingerprint density at radius 2 is 2.12 bits per heavy atom. The number of hydrogen-bond donors (Lipinski definition) is 1. The average Bonchev–Trinajstić information content (AvgIpc) is 3.21. The van der Waals surface area contributed by atoms with Crippen molar-refractivity contribution < 1.29 is 9.94 Å². The van der Waals surface area contributed by atoms with Crippen LogP contribution in [0.3, 0.4) is 0 Å². The molecule has 3 nitrogen and oxygen atoms in total. The van der Waals surface area contributed by atoms with Gasteiger partial charge in [-0.25, -0.2) is 0 Å². The van der Waals surface area contributed by atoms with Crippen molar-refractivity contribution >= 4 is 5.71 Å². The Labute approximate surface area is 151 Å². The first-order chi connectivity index (χ1) is 12.1. The number of fused-ring (bicyclic) bond motifs is 6. The second-order valence-electron chi connectivity index (χ2n) is 9.58. The van der Waals surface area contributed by atoms with Gasteiger partial charge in [0.15, 0.2) is 0 Å². The van der Waals surface area contributed by atoms with E-state index in [1.165, 1.54) is 38.5 Å². The molecule has 25 heavy (non-hydrogen) atoms. The first-order valence-electron chi connectivity index (χ1n) is 10.3. The monoisotopic (exact) mass is 341 g/mol. The molecule has 4 unspecified atom stereocenters. The van der Waals surface area contributed by atoms with E-state index in [1.54, 1.807) is 5.57 Å². The molecule has 1 spiro atoms. The largest absolute Gasteiger partial charge is 0.411 e. The van der Waals surface area contributed by atoms with Gasteiger partial charge >= 0.3 is 0 Å². The Hall–Kier alpha value is -1.09. The summed E-state index contributed by atoms with van der Waals surface area (Å²) >= 11 is 0. The maximum Gasteiger partial charge on any atom is 0.0923 e. The zero-order valence-electron chi connectivity index (χ0n) is 15.6. The van der Waals surface area contributed by atoms with Crippen LogP contribution in [0, 0.1) is 35.0 Å². The quantitative estimate of drug-likeness (QED) is 0.384. The molecule has 0 saturated heterocycles. The van der Waals surface area contributed by atoms with Gasteiger partial charge in [-0.2, -0.15) is 0 Å². The van der Waals surface area contributed by atoms with Crippen LogP contribution in [-0.2, 0) is 4.74 Å². The fourth-order valence-corrected chi connectivity index (χ4v) is 7.71. The van der Waals surface area contributed by atoms with E-state index in [2.05, 4.69) is 37.2 Å². The molecule has 0 aromatic heterocycles. The van der Waals surface area contributed by atoms with Crippen molar-refractivity contribution in [2.45, 2.75) is 64.4 Å². The van der Waals surface area contributed by atoms with Crippen LogP contribution in [0.25, 0.3) is 0 Å². The third kappa shape index (κ3) is 2.05. The molecule has 3 fully saturated rings. The third-order valence-electron chi connectivity index (χ3n) is 8.79. The Morgan fingerprint density at radius 1 is 1.24 bits per heavy atom. The Kier molecular flexibility index (Phi) is 3.51. The van der Waals surface area contributed by atoms with Gasteiger partial charge < -0.3 is 9.94 Å². The molecule has 3 saturated carbocycles. The van der Waals surface area contributed by atoms with Gasteiger partial charge in [0.25, 0.3) is 0 Å². The van der Waals surface area contributed by atoms with Crippen LogP contribution in [0.1, 0.15) is 58.8 Å². The van der Waals surface area contributed by atoms with Crippen LogP contribution in [-0.4, -0.2) is 23.1 Å². The molecule has 7 atom stereocenters. The summed E-state index contributed by atoms with van der Waals surface area (Å²) in [6, 6.07) is 0. The first-order valence-corrected chi connectivity index (χ1v) is 10.3. The van der Waals surface area contributed by atoms with E-state index >= 15 is 0 Å². The van der Waals surface area contributed by atoms with E-state index in [0.29, 0.717) is 5.41 Å². The van der Waals surface area contributed by atoms with Crippen molar-refractivity contribution in [1.82, 2.24) is 0 Å². The van der Waals surface area contributed by atoms with E-state index in [0.717, 1.165) is 48.3 Å². The van der Waals surface area contributed by atoms with E-state index in [-0.39, 0.29) is 5.60 Å². The number of allylic oxidation sites excluding steroid dienone is 2. The van der Waals surface area contributed by atoms with Crippen molar-refractivity contribution in [2.75, 3.05) is 6.61 Å². The Balaban J connectivity index is 1.49. The van der Waals surface area contributed by atoms with Crippen LogP contribution >= 0.6 is 0 Å². The molecular weight excluding hydrogens is 310 g/mol. The lowest BCUT2D eigenvalue weighted by Crippen LogP contribution is -2.54. The SMILES string of the molecule is CC1CC2=CC(=NO)CC[C@@H]2C2CC[C@@]3(C)C(CC[C@@]34C=CCO4)C12. The molecule has 4 aliphatic carbocycles. The zero-order valence-corrected chi connectivity index (χ0v) is 15.6. The van der Waals surface area contributed by atoms with Crippen LogP contribution in [0.4, 0.5) is 0 Å². The summed E-state index contributed by atoms with van der Waals surface area (Å²) in [5.41, 5.74) is 2.81. The van der Waals surface area contributed by atoms with E-state index in [1.807, 2.05) is 0 Å². The van der Waals surface area contributed by atoms with E-state index in [9.17, 15) is 5.21 Å². The highest BCUT2D eigenvalue weighted by Gasteiger charge is 2.64. The lowest BCUT2D eigenvalue weighted by Gasteiger charge is -2.57. The highest BCUT2D eigenvalue weighted by atomic mass is 16.5. The molecule has 0 amide bonds. The second kappa shape index (κ2) is 5.45. The molecule has 3 heteroatoms. The maximum atomic E-state index is 9.18. The number of hydrogen-bond acceptors (Lipinski definition) is 3. The normalized spacial score (nSPS) is 52.8. The van der Waals surface area contributed by atoms with Gasteiger partial charge in [-0.05, 0) is 80.6 Å². The highest BCUT2D eigenvalue weighted by molar-refractivity contribution is 5.96. The van der Waals surface area contributed by atoms with Gasteiger partial charge in [-0.3, -0.25) is 0 Å². The third-order valence-corrected chi connectivity index (χ3v) is 8.79. The Bertz CT molecular complexity index is 665. The maximum absolute atomic E-state index is 9.18. The summed E-state index contributed by atoms with van der Waals surface area (Å²) in [7, 11) is 0. The second-order valence-corrected chi connectivity index (χ2v) is 9.58. The number of oxime groups is 1. The minimum Gasteiger partial charge on any atom is -0.411 e. The van der Waals surface area contributed by atoms with Crippen LogP contribution < -0.4 is 0 Å². The summed E-state index contributed by atoms with van der Waals surface area (Å²) in [5.74, 6) is 3.93. The summed E-state index contributed by atoms with van der Waals surface area (Å²) in [6.07, 6.45) is 15.4. The van der Waals surface area contributed by atoms with Gasteiger partial charge in [-0.15, -0.1) is 0 Å². The molecule has 1 heterocycles. The predicted octanol–water partition coefficient (Wildman–Crippen LogP) is 4.96. The molecule has 5 rings (SSSR count). The van der Waals surface area contributed by atoms with Gasteiger partial charge in [0, 0.05) is 5.41 Å². The first kappa shape index (κ1) is 16.1. The fourth-order valence-electron chi connectivity index (χ4n) is 7.71. The van der Waals surface area contributed by atoms with Gasteiger partial charge in [-0.1, -0.05) is 36.7 Å². The van der Waals surface area contributed by atoms with Crippen molar-refractivity contribution in [3.05, 3.63) is 23.8 Å². The minimum absolute atomic E-state index is 0.0295. The van der Waals surface area contributed by atoms with Crippen LogP contribution in [0.5, 0.6) is 0 Å². The number of nitrogens with zero attached hydrogens (tertiary/aromatic N) is 1. The summed E-state index contributed by atoms with van der Waals surface area (Å²) < 4.78 is 6.36. The molecule has 1 N–H and O–H groups in total. The van der Waals surface area contributed by atoms with E-state index in [4.69, 9.17) is 4.74 Å². The van der Waals surface area contributed by atoms with Crippen molar-refractivity contribution in [1.29, 1.82) is 0 Å². The molecule has 0 aromatic rings. The molecule has 0 radical (unpaired) electrons. The summed E-state index contributed by atoms with van der Waals surface area (Å²) in [6.45, 7) is 5.82. The average molecular weight is 341 g/mol. The standard InChI is InChI=1S/C22H31NO2/c1-14-12-15-13-16(23-24)4-5-17(15)18-6-9-21(2)19(20(14)18)7-10-22(21)8-3-11-25-22/h3,8,13-14,17-20,24H,4-7,9-12H2,1-2H3/t14?,17-,18?,19?,20?,21-,22-/m0/s1. The van der Waals surface area contributed by atoms with Gasteiger partial charge in [0.05, 0.1) is 17.9 Å². The summed E-state index contributed by atoms with van der Waals surface area (Å²) in [5, 5.41) is 12.7. The molecule has 5 aliphatic rings. The van der Waals surface area contributed by atoms with Crippen LogP contribution in [0.2, 0.25) is 0 Å². The minimum atomic E-state index is 0.0295. The molecule has 1 aliphatic heterocycles. The lowest BCUT2D eigenvalue weighted by atomic mass is 9.48. The van der Waals surface area contributed by atoms with Crippen molar-refractivity contribution in [3.8, 4) is 0 Å². The Morgan fingerprint density at radius 3 is 2.88 bits per heavy atom. The van der Waals surface area contributed by atoms with Crippen molar-refractivity contribution in [3.63, 3.8) is 0 Å². The topological polar surface area (TPSA) is 41.8 Å². The molecule has 136 valence electrons. The van der Waals surface area contributed by atoms with Gasteiger partial charge in [0.2, 0.25) is 0 Å². The smallest absolute Gasteiger partial charge is 0.0923 e. The predicted molar refractivity (Wildman–Crippen MR) is 98.7 cm³/mol. The lowest BCUT2D eigenvalue weighted by molar-refractivity contribution is -0.119. The van der Waals surface area contributed by atoms with E-state index < -0.39 is 0 Å².